The molecule has 26 heavy (non-hydrogen) atoms. The second-order valence-electron chi connectivity index (χ2n) is 7.44. The Hall–Kier alpha value is -2.01. The molecule has 3 rings (SSSR count). The van der Waals surface area contributed by atoms with Gasteiger partial charge in [-0.1, -0.05) is 13.8 Å². The van der Waals surface area contributed by atoms with Gasteiger partial charge >= 0.3 is 0 Å². The number of pyridine rings is 1. The summed E-state index contributed by atoms with van der Waals surface area (Å²) in [5, 5.41) is 1.47. The molecule has 1 atom stereocenters. The van der Waals surface area contributed by atoms with E-state index in [0.29, 0.717) is 16.9 Å². The summed E-state index contributed by atoms with van der Waals surface area (Å²) in [6, 6.07) is 5.81. The van der Waals surface area contributed by atoms with Gasteiger partial charge in [-0.25, -0.2) is 0 Å². The lowest BCUT2D eigenvalue weighted by molar-refractivity contribution is 0.0554. The summed E-state index contributed by atoms with van der Waals surface area (Å²) in [7, 11) is 1.61. The second kappa shape index (κ2) is 7.70. The number of rotatable bonds is 6. The minimum Gasteiger partial charge on any atom is -0.493 e. The molecule has 1 aromatic carbocycles. The van der Waals surface area contributed by atoms with Crippen molar-refractivity contribution in [3.05, 3.63) is 34.7 Å². The zero-order valence-corrected chi connectivity index (χ0v) is 16.0. The van der Waals surface area contributed by atoms with Gasteiger partial charge in [0.05, 0.1) is 18.6 Å². The number of hydrogen-bond donors (Lipinski definition) is 2. The molecule has 1 unspecified atom stereocenters. The first-order chi connectivity index (χ1) is 12.5. The minimum absolute atomic E-state index is 0.119. The summed E-state index contributed by atoms with van der Waals surface area (Å²) in [6.45, 7) is 4.42. The fraction of sp³-hybridized carbons (Fsp3) is 0.571. The first-order valence-corrected chi connectivity index (χ1v) is 9.64. The van der Waals surface area contributed by atoms with Crippen LogP contribution < -0.4 is 20.8 Å². The van der Waals surface area contributed by atoms with Crippen LogP contribution in [0.15, 0.2) is 29.2 Å². The summed E-state index contributed by atoms with van der Waals surface area (Å²) in [5.41, 5.74) is 6.55. The van der Waals surface area contributed by atoms with E-state index in [4.69, 9.17) is 15.2 Å². The molecule has 0 bridgehead atoms. The molecular formula is C21H30N2O3. The summed E-state index contributed by atoms with van der Waals surface area (Å²) < 4.78 is 11.8. The molecule has 1 aromatic heterocycles. The molecule has 1 fully saturated rings. The smallest absolute Gasteiger partial charge is 0.255 e. The van der Waals surface area contributed by atoms with Crippen molar-refractivity contribution < 1.29 is 9.47 Å². The van der Waals surface area contributed by atoms with Crippen molar-refractivity contribution >= 4 is 10.8 Å². The number of fused-ring (bicyclic) bond motifs is 1. The fourth-order valence-electron chi connectivity index (χ4n) is 4.33. The number of nitrogens with one attached hydrogen (secondary N) is 1. The van der Waals surface area contributed by atoms with Crippen LogP contribution >= 0.6 is 0 Å². The van der Waals surface area contributed by atoms with Gasteiger partial charge in [-0.3, -0.25) is 4.79 Å². The predicted octanol–water partition coefficient (Wildman–Crippen LogP) is 3.99. The Morgan fingerprint density at radius 1 is 1.27 bits per heavy atom. The number of hydrogen-bond acceptors (Lipinski definition) is 4. The Morgan fingerprint density at radius 3 is 2.62 bits per heavy atom. The van der Waals surface area contributed by atoms with E-state index in [1.807, 2.05) is 12.1 Å². The zero-order valence-electron chi connectivity index (χ0n) is 16.0. The maximum atomic E-state index is 12.0. The van der Waals surface area contributed by atoms with Crippen LogP contribution in [0.25, 0.3) is 10.8 Å². The third kappa shape index (κ3) is 3.45. The highest BCUT2D eigenvalue weighted by Gasteiger charge is 2.38. The van der Waals surface area contributed by atoms with Crippen molar-refractivity contribution in [1.29, 1.82) is 0 Å². The van der Waals surface area contributed by atoms with Gasteiger partial charge in [-0.05, 0) is 67.5 Å². The molecule has 3 N–H and O–H groups in total. The number of nitrogens with two attached hydrogens (primary N) is 1. The number of aromatic amines is 1. The normalized spacial score (nSPS) is 24.4. The average Bonchev–Trinajstić information content (AvgIpc) is 2.68. The molecular weight excluding hydrogens is 328 g/mol. The Bertz CT molecular complexity index is 806. The largest absolute Gasteiger partial charge is 0.493 e. The molecule has 1 saturated carbocycles. The Labute approximate surface area is 154 Å². The van der Waals surface area contributed by atoms with Crippen LogP contribution in [0.2, 0.25) is 0 Å². The minimum atomic E-state index is -0.119. The maximum Gasteiger partial charge on any atom is 0.255 e. The third-order valence-electron chi connectivity index (χ3n) is 6.21. The lowest BCUT2D eigenvalue weighted by atomic mass is 9.66. The second-order valence-corrected chi connectivity index (χ2v) is 7.44. The lowest BCUT2D eigenvalue weighted by Crippen LogP contribution is -2.45. The fourth-order valence-corrected chi connectivity index (χ4v) is 4.33. The van der Waals surface area contributed by atoms with Gasteiger partial charge in [-0.2, -0.15) is 0 Å². The number of benzene rings is 1. The first-order valence-electron chi connectivity index (χ1n) is 9.64. The summed E-state index contributed by atoms with van der Waals surface area (Å²) in [5.74, 6) is 1.31. The lowest BCUT2D eigenvalue weighted by Gasteiger charge is -2.43. The van der Waals surface area contributed by atoms with Crippen LogP contribution in [-0.4, -0.2) is 24.2 Å². The van der Waals surface area contributed by atoms with Crippen LogP contribution in [0.1, 0.15) is 52.4 Å². The van der Waals surface area contributed by atoms with E-state index >= 15 is 0 Å². The summed E-state index contributed by atoms with van der Waals surface area (Å²) >= 11 is 0. The SMILES string of the molecule is CCC(N)C1(CC)CCC(Oc2cc3cc[nH]c(=O)c3cc2OC)CC1. The predicted molar refractivity (Wildman–Crippen MR) is 105 cm³/mol. The topological polar surface area (TPSA) is 77.3 Å². The molecule has 0 amide bonds. The van der Waals surface area contributed by atoms with Gasteiger partial charge in [0.2, 0.25) is 0 Å². The van der Waals surface area contributed by atoms with Crippen molar-refractivity contribution in [2.45, 2.75) is 64.5 Å². The van der Waals surface area contributed by atoms with Gasteiger partial charge in [-0.15, -0.1) is 0 Å². The molecule has 0 saturated heterocycles. The Morgan fingerprint density at radius 2 is 2.00 bits per heavy atom. The maximum absolute atomic E-state index is 12.0. The van der Waals surface area contributed by atoms with Gasteiger partial charge < -0.3 is 20.2 Å². The van der Waals surface area contributed by atoms with Gasteiger partial charge in [0.15, 0.2) is 11.5 Å². The Kier molecular flexibility index (Phi) is 5.56. The molecule has 0 aliphatic heterocycles. The van der Waals surface area contributed by atoms with Crippen molar-refractivity contribution in [3.8, 4) is 11.5 Å². The number of aromatic nitrogens is 1. The molecule has 142 valence electrons. The van der Waals surface area contributed by atoms with Gasteiger partial charge in [0, 0.05) is 12.2 Å². The third-order valence-corrected chi connectivity index (χ3v) is 6.21. The van der Waals surface area contributed by atoms with E-state index < -0.39 is 0 Å². The molecule has 1 aliphatic carbocycles. The molecule has 1 heterocycles. The first kappa shape index (κ1) is 18.8. The van der Waals surface area contributed by atoms with E-state index in [-0.39, 0.29) is 23.1 Å². The van der Waals surface area contributed by atoms with Crippen LogP contribution in [0.5, 0.6) is 11.5 Å². The molecule has 5 heteroatoms. The van der Waals surface area contributed by atoms with E-state index in [0.717, 1.165) is 43.9 Å². The van der Waals surface area contributed by atoms with Crippen molar-refractivity contribution in [2.24, 2.45) is 11.1 Å². The zero-order chi connectivity index (χ0) is 18.7. The van der Waals surface area contributed by atoms with E-state index in [1.54, 1.807) is 19.4 Å². The standard InChI is InChI=1S/C21H30N2O3/c1-4-19(22)21(5-2)9-6-15(7-10-21)26-18-12-14-8-11-23-20(24)16(14)13-17(18)25-3/h8,11-13,15,19H,4-7,9-10,22H2,1-3H3,(H,23,24). The van der Waals surface area contributed by atoms with E-state index in [9.17, 15) is 4.79 Å². The van der Waals surface area contributed by atoms with Crippen LogP contribution in [0.3, 0.4) is 0 Å². The van der Waals surface area contributed by atoms with Gasteiger partial charge in [0.25, 0.3) is 5.56 Å². The molecule has 0 spiro atoms. The molecule has 2 aromatic rings. The van der Waals surface area contributed by atoms with Crippen LogP contribution in [0, 0.1) is 5.41 Å². The average molecular weight is 358 g/mol. The molecule has 5 nitrogen and oxygen atoms in total. The highest BCUT2D eigenvalue weighted by Crippen LogP contribution is 2.44. The van der Waals surface area contributed by atoms with Crippen molar-refractivity contribution in [1.82, 2.24) is 4.98 Å². The van der Waals surface area contributed by atoms with Gasteiger partial charge in [0.1, 0.15) is 0 Å². The van der Waals surface area contributed by atoms with Crippen LogP contribution in [0.4, 0.5) is 0 Å². The highest BCUT2D eigenvalue weighted by atomic mass is 16.5. The summed E-state index contributed by atoms with van der Waals surface area (Å²) in [6.07, 6.45) is 8.15. The quantitative estimate of drug-likeness (QED) is 0.818. The molecule has 1 aliphatic rings. The number of H-pyrrole nitrogens is 1. The Balaban J connectivity index is 1.79. The highest BCUT2D eigenvalue weighted by molar-refractivity contribution is 5.85. The molecule has 0 radical (unpaired) electrons. The van der Waals surface area contributed by atoms with Crippen LogP contribution in [-0.2, 0) is 0 Å². The van der Waals surface area contributed by atoms with E-state index in [2.05, 4.69) is 18.8 Å². The van der Waals surface area contributed by atoms with Crippen molar-refractivity contribution in [2.75, 3.05) is 7.11 Å². The van der Waals surface area contributed by atoms with Crippen molar-refractivity contribution in [3.63, 3.8) is 0 Å². The summed E-state index contributed by atoms with van der Waals surface area (Å²) in [4.78, 5) is 14.7. The number of methoxy groups -OCH3 is 1. The van der Waals surface area contributed by atoms with E-state index in [1.165, 1.54) is 0 Å². The number of ether oxygens (including phenoxy) is 2. The monoisotopic (exact) mass is 358 g/mol.